The van der Waals surface area contributed by atoms with Crippen molar-refractivity contribution in [1.29, 1.82) is 0 Å². The number of nitrogens with zero attached hydrogens (tertiary/aromatic N) is 1. The van der Waals surface area contributed by atoms with E-state index < -0.39 is 5.97 Å². The Morgan fingerprint density at radius 3 is 2.82 bits per heavy atom. The second-order valence-corrected chi connectivity index (χ2v) is 8.80. The zero-order valence-corrected chi connectivity index (χ0v) is 17.2. The average Bonchev–Trinajstić information content (AvgIpc) is 3.16. The highest BCUT2D eigenvalue weighted by Crippen LogP contribution is 2.37. The lowest BCUT2D eigenvalue weighted by Crippen LogP contribution is -2.36. The van der Waals surface area contributed by atoms with E-state index in [1.54, 1.807) is 28.8 Å². The molecular formula is C20H22N2O4S2. The lowest BCUT2D eigenvalue weighted by Gasteiger charge is -2.22. The minimum atomic E-state index is -0.509. The normalized spacial score (nSPS) is 16.0. The average molecular weight is 419 g/mol. The van der Waals surface area contributed by atoms with Crippen LogP contribution in [0.1, 0.15) is 29.4 Å². The molecule has 0 saturated heterocycles. The molecule has 1 atom stereocenters. The molecular weight excluding hydrogens is 396 g/mol. The van der Waals surface area contributed by atoms with Crippen molar-refractivity contribution in [2.45, 2.75) is 29.9 Å². The van der Waals surface area contributed by atoms with Crippen molar-refractivity contribution in [1.82, 2.24) is 5.32 Å². The number of carbonyl (C=O) groups excluding carboxylic acids is 3. The fourth-order valence-electron chi connectivity index (χ4n) is 2.81. The molecule has 8 heteroatoms. The summed E-state index contributed by atoms with van der Waals surface area (Å²) in [6.45, 7) is 2.61. The zero-order valence-electron chi connectivity index (χ0n) is 15.6. The summed E-state index contributed by atoms with van der Waals surface area (Å²) in [7, 11) is 0. The quantitative estimate of drug-likeness (QED) is 0.729. The van der Waals surface area contributed by atoms with Crippen LogP contribution in [-0.2, 0) is 14.3 Å². The fraction of sp³-hybridized carbons (Fsp3) is 0.350. The molecule has 148 valence electrons. The molecule has 1 unspecified atom stereocenters. The van der Waals surface area contributed by atoms with Crippen LogP contribution >= 0.6 is 23.1 Å². The first-order chi connectivity index (χ1) is 13.5. The van der Waals surface area contributed by atoms with Gasteiger partial charge in [0.05, 0.1) is 17.0 Å². The Morgan fingerprint density at radius 2 is 2.04 bits per heavy atom. The van der Waals surface area contributed by atoms with E-state index >= 15 is 0 Å². The highest BCUT2D eigenvalue weighted by molar-refractivity contribution is 8.00. The smallest absolute Gasteiger partial charge is 0.308 e. The fourth-order valence-corrected chi connectivity index (χ4v) is 4.56. The van der Waals surface area contributed by atoms with Crippen molar-refractivity contribution in [2.75, 3.05) is 24.6 Å². The van der Waals surface area contributed by atoms with Crippen LogP contribution in [0, 0.1) is 0 Å². The second kappa shape index (κ2) is 9.75. The van der Waals surface area contributed by atoms with Gasteiger partial charge in [0.2, 0.25) is 0 Å². The first-order valence-corrected chi connectivity index (χ1v) is 10.8. The predicted molar refractivity (Wildman–Crippen MR) is 111 cm³/mol. The van der Waals surface area contributed by atoms with Gasteiger partial charge in [-0.25, -0.2) is 0 Å². The topological polar surface area (TPSA) is 75.7 Å². The van der Waals surface area contributed by atoms with Gasteiger partial charge in [-0.15, -0.1) is 23.1 Å². The first-order valence-electron chi connectivity index (χ1n) is 9.08. The lowest BCUT2D eigenvalue weighted by atomic mass is 10.2. The SMILES string of the molecule is CC1CCN(C(=O)COC(=O)CCNC(=O)c2cccs2)c2ccccc2S1. The molecule has 1 aromatic carbocycles. The number of anilines is 1. The Morgan fingerprint density at radius 1 is 1.21 bits per heavy atom. The van der Waals surface area contributed by atoms with E-state index in [-0.39, 0.29) is 31.4 Å². The number of amides is 2. The van der Waals surface area contributed by atoms with Gasteiger partial charge in [0.25, 0.3) is 11.8 Å². The second-order valence-electron chi connectivity index (χ2n) is 6.37. The summed E-state index contributed by atoms with van der Waals surface area (Å²) in [5.41, 5.74) is 0.862. The van der Waals surface area contributed by atoms with E-state index in [1.807, 2.05) is 29.6 Å². The molecule has 2 aromatic rings. The van der Waals surface area contributed by atoms with Crippen LogP contribution < -0.4 is 10.2 Å². The summed E-state index contributed by atoms with van der Waals surface area (Å²) in [4.78, 5) is 39.7. The van der Waals surface area contributed by atoms with Gasteiger partial charge in [0, 0.05) is 23.2 Å². The number of thiophene rings is 1. The maximum atomic E-state index is 12.6. The molecule has 0 fully saturated rings. The van der Waals surface area contributed by atoms with Crippen LogP contribution in [0.4, 0.5) is 5.69 Å². The molecule has 1 aromatic heterocycles. The third-order valence-electron chi connectivity index (χ3n) is 4.26. The lowest BCUT2D eigenvalue weighted by molar-refractivity contribution is -0.147. The molecule has 2 amide bonds. The number of rotatable bonds is 6. The summed E-state index contributed by atoms with van der Waals surface area (Å²) >= 11 is 3.09. The zero-order chi connectivity index (χ0) is 19.9. The molecule has 0 radical (unpaired) electrons. The molecule has 0 aliphatic carbocycles. The number of hydrogen-bond donors (Lipinski definition) is 1. The van der Waals surface area contributed by atoms with Crippen LogP contribution in [0.3, 0.4) is 0 Å². The number of ether oxygens (including phenoxy) is 1. The van der Waals surface area contributed by atoms with Crippen molar-refractivity contribution in [3.05, 3.63) is 46.7 Å². The molecule has 6 nitrogen and oxygen atoms in total. The monoisotopic (exact) mass is 418 g/mol. The maximum Gasteiger partial charge on any atom is 0.308 e. The van der Waals surface area contributed by atoms with Crippen molar-refractivity contribution in [3.8, 4) is 0 Å². The minimum Gasteiger partial charge on any atom is -0.455 e. The van der Waals surface area contributed by atoms with Gasteiger partial charge in [0.15, 0.2) is 6.61 Å². The summed E-state index contributed by atoms with van der Waals surface area (Å²) in [6, 6.07) is 11.3. The van der Waals surface area contributed by atoms with Gasteiger partial charge < -0.3 is 15.0 Å². The molecule has 1 N–H and O–H groups in total. The van der Waals surface area contributed by atoms with E-state index in [0.29, 0.717) is 16.7 Å². The Balaban J connectivity index is 1.47. The van der Waals surface area contributed by atoms with E-state index in [9.17, 15) is 14.4 Å². The molecule has 0 bridgehead atoms. The molecule has 2 heterocycles. The number of thioether (sulfide) groups is 1. The summed E-state index contributed by atoms with van der Waals surface area (Å²) in [5.74, 6) is -0.963. The molecule has 0 saturated carbocycles. The predicted octanol–water partition coefficient (Wildman–Crippen LogP) is 3.33. The maximum absolute atomic E-state index is 12.6. The number of hydrogen-bond acceptors (Lipinski definition) is 6. The number of para-hydroxylation sites is 1. The molecule has 28 heavy (non-hydrogen) atoms. The number of fused-ring (bicyclic) bond motifs is 1. The van der Waals surface area contributed by atoms with Gasteiger partial charge in [-0.3, -0.25) is 14.4 Å². The summed E-state index contributed by atoms with van der Waals surface area (Å²) < 4.78 is 5.13. The Bertz CT molecular complexity index is 838. The molecule has 3 rings (SSSR count). The molecule has 0 spiro atoms. The van der Waals surface area contributed by atoms with Crippen LogP contribution in [0.25, 0.3) is 0 Å². The number of benzene rings is 1. The summed E-state index contributed by atoms with van der Waals surface area (Å²) in [5, 5.41) is 4.89. The van der Waals surface area contributed by atoms with Gasteiger partial charge in [-0.1, -0.05) is 25.1 Å². The Labute approximate surface area is 172 Å². The molecule has 1 aliphatic heterocycles. The Kier molecular flexibility index (Phi) is 7.11. The third-order valence-corrected chi connectivity index (χ3v) is 6.37. The van der Waals surface area contributed by atoms with E-state index in [1.165, 1.54) is 11.3 Å². The Hall–Kier alpha value is -2.32. The molecule has 1 aliphatic rings. The largest absolute Gasteiger partial charge is 0.455 e. The number of nitrogens with one attached hydrogen (secondary N) is 1. The minimum absolute atomic E-state index is 0.0217. The van der Waals surface area contributed by atoms with Crippen molar-refractivity contribution < 1.29 is 19.1 Å². The van der Waals surface area contributed by atoms with Crippen molar-refractivity contribution >= 4 is 46.6 Å². The van der Waals surface area contributed by atoms with Crippen LogP contribution in [-0.4, -0.2) is 42.7 Å². The van der Waals surface area contributed by atoms with Crippen LogP contribution in [0.2, 0.25) is 0 Å². The number of carbonyl (C=O) groups is 3. The van der Waals surface area contributed by atoms with Crippen LogP contribution in [0.5, 0.6) is 0 Å². The first kappa shape index (κ1) is 20.4. The van der Waals surface area contributed by atoms with Gasteiger partial charge >= 0.3 is 5.97 Å². The van der Waals surface area contributed by atoms with E-state index in [2.05, 4.69) is 12.2 Å². The van der Waals surface area contributed by atoms with Crippen molar-refractivity contribution in [2.24, 2.45) is 0 Å². The van der Waals surface area contributed by atoms with E-state index in [0.717, 1.165) is 17.0 Å². The number of esters is 1. The van der Waals surface area contributed by atoms with Gasteiger partial charge in [-0.05, 0) is 30.0 Å². The van der Waals surface area contributed by atoms with Crippen molar-refractivity contribution in [3.63, 3.8) is 0 Å². The van der Waals surface area contributed by atoms with Gasteiger partial charge in [-0.2, -0.15) is 0 Å². The summed E-state index contributed by atoms with van der Waals surface area (Å²) in [6.07, 6.45) is 0.891. The third kappa shape index (κ3) is 5.36. The van der Waals surface area contributed by atoms with Crippen LogP contribution in [0.15, 0.2) is 46.7 Å². The highest BCUT2D eigenvalue weighted by Gasteiger charge is 2.24. The standard InChI is InChI=1S/C20H22N2O4S2/c1-14-9-11-22(15-5-2-3-6-16(15)28-14)18(23)13-26-19(24)8-10-21-20(25)17-7-4-12-27-17/h2-7,12,14H,8-11,13H2,1H3,(H,21,25). The van der Waals surface area contributed by atoms with E-state index in [4.69, 9.17) is 4.74 Å². The highest BCUT2D eigenvalue weighted by atomic mass is 32.2. The van der Waals surface area contributed by atoms with Gasteiger partial charge in [0.1, 0.15) is 0 Å².